The summed E-state index contributed by atoms with van der Waals surface area (Å²) in [7, 11) is 1.78. The fourth-order valence-corrected chi connectivity index (χ4v) is 3.25. The number of nitrogens with one attached hydrogen (secondary N) is 1. The standard InChI is InChI=1S/C20H22FN3O2/c1-14-11-19(25)22-17-9-5-6-10-18(17)24(14)20(26)13-23(2)12-15-7-3-4-8-16(15)21/h3-10,14H,11-13H2,1-2H3,(H,22,25). The van der Waals surface area contributed by atoms with Gasteiger partial charge in [-0.05, 0) is 32.2 Å². The number of benzene rings is 2. The van der Waals surface area contributed by atoms with Crippen LogP contribution in [0.5, 0.6) is 0 Å². The van der Waals surface area contributed by atoms with Gasteiger partial charge in [0.25, 0.3) is 0 Å². The molecule has 5 nitrogen and oxygen atoms in total. The number of carbonyl (C=O) groups is 2. The summed E-state index contributed by atoms with van der Waals surface area (Å²) in [6, 6.07) is 13.6. The van der Waals surface area contributed by atoms with Gasteiger partial charge in [-0.1, -0.05) is 30.3 Å². The van der Waals surface area contributed by atoms with Crippen LogP contribution < -0.4 is 10.2 Å². The minimum absolute atomic E-state index is 0.111. The maximum absolute atomic E-state index is 13.8. The Kier molecular flexibility index (Phi) is 5.32. The van der Waals surface area contributed by atoms with E-state index in [9.17, 15) is 14.0 Å². The van der Waals surface area contributed by atoms with Gasteiger partial charge in [0.2, 0.25) is 11.8 Å². The SMILES string of the molecule is CC1CC(=O)Nc2ccccc2N1C(=O)CN(C)Cc1ccccc1F. The first-order chi connectivity index (χ1) is 12.5. The maximum Gasteiger partial charge on any atom is 0.241 e. The second-order valence-electron chi connectivity index (χ2n) is 6.65. The van der Waals surface area contributed by atoms with Crippen LogP contribution in [0.25, 0.3) is 0 Å². The molecule has 2 amide bonds. The quantitative estimate of drug-likeness (QED) is 0.917. The first-order valence-corrected chi connectivity index (χ1v) is 8.58. The zero-order valence-electron chi connectivity index (χ0n) is 14.9. The average molecular weight is 355 g/mol. The van der Waals surface area contributed by atoms with E-state index in [0.29, 0.717) is 23.5 Å². The molecule has 1 N–H and O–H groups in total. The smallest absolute Gasteiger partial charge is 0.241 e. The van der Waals surface area contributed by atoms with Gasteiger partial charge in [-0.25, -0.2) is 4.39 Å². The van der Waals surface area contributed by atoms with Crippen molar-refractivity contribution in [2.45, 2.75) is 25.9 Å². The van der Waals surface area contributed by atoms with Gasteiger partial charge >= 0.3 is 0 Å². The first-order valence-electron chi connectivity index (χ1n) is 8.58. The van der Waals surface area contributed by atoms with Crippen LogP contribution >= 0.6 is 0 Å². The predicted octanol–water partition coefficient (Wildman–Crippen LogP) is 3.02. The fourth-order valence-electron chi connectivity index (χ4n) is 3.25. The Morgan fingerprint density at radius 2 is 1.92 bits per heavy atom. The number of hydrogen-bond acceptors (Lipinski definition) is 3. The van der Waals surface area contributed by atoms with Crippen molar-refractivity contribution in [3.05, 3.63) is 59.9 Å². The van der Waals surface area contributed by atoms with Crippen LogP contribution in [0.1, 0.15) is 18.9 Å². The number of nitrogens with zero attached hydrogens (tertiary/aromatic N) is 2. The van der Waals surface area contributed by atoms with Crippen molar-refractivity contribution in [2.75, 3.05) is 23.8 Å². The van der Waals surface area contributed by atoms with E-state index < -0.39 is 0 Å². The third-order valence-corrected chi connectivity index (χ3v) is 4.43. The van der Waals surface area contributed by atoms with Gasteiger partial charge in [-0.15, -0.1) is 0 Å². The summed E-state index contributed by atoms with van der Waals surface area (Å²) in [5.74, 6) is -0.518. The number of likely N-dealkylation sites (N-methyl/N-ethyl adjacent to an activating group) is 1. The lowest BCUT2D eigenvalue weighted by Gasteiger charge is -2.29. The molecule has 1 atom stereocenters. The number of amides is 2. The average Bonchev–Trinajstić information content (AvgIpc) is 2.71. The number of para-hydroxylation sites is 2. The van der Waals surface area contributed by atoms with E-state index >= 15 is 0 Å². The Bertz CT molecular complexity index is 824. The molecule has 1 aliphatic heterocycles. The lowest BCUT2D eigenvalue weighted by atomic mass is 10.1. The molecule has 3 rings (SSSR count). The highest BCUT2D eigenvalue weighted by Gasteiger charge is 2.29. The van der Waals surface area contributed by atoms with Crippen molar-refractivity contribution in [2.24, 2.45) is 0 Å². The largest absolute Gasteiger partial charge is 0.324 e. The summed E-state index contributed by atoms with van der Waals surface area (Å²) in [6.07, 6.45) is 0.234. The summed E-state index contributed by atoms with van der Waals surface area (Å²) in [5, 5.41) is 2.84. The molecule has 2 aromatic carbocycles. The lowest BCUT2D eigenvalue weighted by molar-refractivity contribution is -0.120. The molecule has 1 unspecified atom stereocenters. The second-order valence-corrected chi connectivity index (χ2v) is 6.65. The number of carbonyl (C=O) groups excluding carboxylic acids is 2. The number of anilines is 2. The van der Waals surface area contributed by atoms with Crippen molar-refractivity contribution >= 4 is 23.2 Å². The van der Waals surface area contributed by atoms with Crippen molar-refractivity contribution in [1.82, 2.24) is 4.90 Å². The molecule has 6 heteroatoms. The molecule has 0 aliphatic carbocycles. The third-order valence-electron chi connectivity index (χ3n) is 4.43. The van der Waals surface area contributed by atoms with Crippen molar-refractivity contribution in [3.63, 3.8) is 0 Å². The molecule has 1 aliphatic rings. The van der Waals surface area contributed by atoms with E-state index in [2.05, 4.69) is 5.32 Å². The van der Waals surface area contributed by atoms with Gasteiger partial charge < -0.3 is 10.2 Å². The van der Waals surface area contributed by atoms with E-state index in [-0.39, 0.29) is 36.6 Å². The number of halogens is 1. The van der Waals surface area contributed by atoms with Crippen LogP contribution in [0.3, 0.4) is 0 Å². The topological polar surface area (TPSA) is 52.7 Å². The molecule has 136 valence electrons. The molecule has 0 fully saturated rings. The zero-order valence-corrected chi connectivity index (χ0v) is 14.9. The number of rotatable bonds is 4. The van der Waals surface area contributed by atoms with Crippen LogP contribution in [-0.4, -0.2) is 36.3 Å². The van der Waals surface area contributed by atoms with Gasteiger partial charge in [0.05, 0.1) is 17.9 Å². The molecule has 0 saturated heterocycles. The molecule has 26 heavy (non-hydrogen) atoms. The van der Waals surface area contributed by atoms with Gasteiger partial charge in [0.1, 0.15) is 5.82 Å². The first kappa shape index (κ1) is 18.1. The van der Waals surface area contributed by atoms with E-state index in [0.717, 1.165) is 0 Å². The summed E-state index contributed by atoms with van der Waals surface area (Å²) in [5.41, 5.74) is 1.87. The zero-order chi connectivity index (χ0) is 18.7. The number of fused-ring (bicyclic) bond motifs is 1. The highest BCUT2D eigenvalue weighted by atomic mass is 19.1. The van der Waals surface area contributed by atoms with Gasteiger partial charge in [0.15, 0.2) is 0 Å². The van der Waals surface area contributed by atoms with Crippen LogP contribution in [0.2, 0.25) is 0 Å². The van der Waals surface area contributed by atoms with Crippen molar-refractivity contribution in [1.29, 1.82) is 0 Å². The van der Waals surface area contributed by atoms with Gasteiger partial charge in [-0.3, -0.25) is 14.5 Å². The predicted molar refractivity (Wildman–Crippen MR) is 99.4 cm³/mol. The molecule has 2 aromatic rings. The number of hydrogen-bond donors (Lipinski definition) is 1. The van der Waals surface area contributed by atoms with E-state index in [4.69, 9.17) is 0 Å². The minimum Gasteiger partial charge on any atom is -0.324 e. The lowest BCUT2D eigenvalue weighted by Crippen LogP contribution is -2.44. The molecule has 0 saturated carbocycles. The maximum atomic E-state index is 13.8. The Balaban J connectivity index is 1.78. The van der Waals surface area contributed by atoms with Crippen molar-refractivity contribution in [3.8, 4) is 0 Å². The highest BCUT2D eigenvalue weighted by molar-refractivity contribution is 6.04. The summed E-state index contributed by atoms with van der Waals surface area (Å²) >= 11 is 0. The van der Waals surface area contributed by atoms with Crippen LogP contribution in [0.15, 0.2) is 48.5 Å². The normalized spacial score (nSPS) is 16.8. The fraction of sp³-hybridized carbons (Fsp3) is 0.300. The Labute approximate surface area is 152 Å². The van der Waals surface area contributed by atoms with Crippen LogP contribution in [-0.2, 0) is 16.1 Å². The molecular weight excluding hydrogens is 333 g/mol. The summed E-state index contributed by atoms with van der Waals surface area (Å²) in [4.78, 5) is 28.4. The monoisotopic (exact) mass is 355 g/mol. The molecule has 0 spiro atoms. The molecule has 0 radical (unpaired) electrons. The van der Waals surface area contributed by atoms with E-state index in [1.54, 1.807) is 41.1 Å². The molecule has 0 bridgehead atoms. The molecular formula is C20H22FN3O2. The Hall–Kier alpha value is -2.73. The van der Waals surface area contributed by atoms with Crippen LogP contribution in [0.4, 0.5) is 15.8 Å². The van der Waals surface area contributed by atoms with Gasteiger partial charge in [-0.2, -0.15) is 0 Å². The molecule has 0 aromatic heterocycles. The van der Waals surface area contributed by atoms with E-state index in [1.807, 2.05) is 25.1 Å². The van der Waals surface area contributed by atoms with Crippen LogP contribution in [0, 0.1) is 5.82 Å². The summed E-state index contributed by atoms with van der Waals surface area (Å²) in [6.45, 7) is 2.32. The van der Waals surface area contributed by atoms with Crippen molar-refractivity contribution < 1.29 is 14.0 Å². The highest BCUT2D eigenvalue weighted by Crippen LogP contribution is 2.31. The summed E-state index contributed by atoms with van der Waals surface area (Å²) < 4.78 is 13.8. The minimum atomic E-state index is -0.282. The van der Waals surface area contributed by atoms with E-state index in [1.165, 1.54) is 6.07 Å². The Morgan fingerprint density at radius 3 is 2.69 bits per heavy atom. The molecule has 1 heterocycles. The second kappa shape index (κ2) is 7.66. The third kappa shape index (κ3) is 3.91. The van der Waals surface area contributed by atoms with Gasteiger partial charge in [0, 0.05) is 24.6 Å². The Morgan fingerprint density at radius 1 is 1.23 bits per heavy atom.